The van der Waals surface area contributed by atoms with Crippen LogP contribution in [0.2, 0.25) is 0 Å². The summed E-state index contributed by atoms with van der Waals surface area (Å²) in [7, 11) is 0. The van der Waals surface area contributed by atoms with Crippen LogP contribution in [0, 0.1) is 0 Å². The molecule has 1 heterocycles. The van der Waals surface area contributed by atoms with Crippen molar-refractivity contribution in [3.8, 4) is 0 Å². The first-order valence-electron chi connectivity index (χ1n) is 8.81. The summed E-state index contributed by atoms with van der Waals surface area (Å²) in [6, 6.07) is -4.76. The van der Waals surface area contributed by atoms with Gasteiger partial charge in [0.05, 0.1) is 18.6 Å². The third kappa shape index (κ3) is 6.16. The number of primary amides is 1. The Morgan fingerprint density at radius 1 is 1.18 bits per heavy atom. The highest BCUT2D eigenvalue weighted by Gasteiger charge is 2.39. The van der Waals surface area contributed by atoms with Crippen LogP contribution < -0.4 is 22.1 Å². The zero-order chi connectivity index (χ0) is 21.6. The first kappa shape index (κ1) is 23.3. The van der Waals surface area contributed by atoms with Gasteiger partial charge in [0.2, 0.25) is 23.6 Å². The molecule has 1 rings (SSSR count). The molecule has 0 spiro atoms. The molecule has 0 aromatic rings. The maximum absolute atomic E-state index is 12.8. The lowest BCUT2D eigenvalue weighted by molar-refractivity contribution is -0.147. The van der Waals surface area contributed by atoms with Crippen molar-refractivity contribution in [3.63, 3.8) is 0 Å². The molecule has 0 saturated carbocycles. The van der Waals surface area contributed by atoms with Gasteiger partial charge in [-0.3, -0.25) is 19.2 Å². The van der Waals surface area contributed by atoms with Gasteiger partial charge >= 0.3 is 5.97 Å². The standard InChI is InChI=1S/C16H27N5O7/c1-7(17)13(24)19-9(6-11(18)23)15(26)21-5-3-4-10(21)14(25)20-12(8(2)22)16(27)28/h7-10,12,22H,3-6,17H2,1-2H3,(H2,18,23)(H,19,24)(H,20,25)(H,27,28). The molecule has 5 atom stereocenters. The first-order chi connectivity index (χ1) is 13.0. The molecule has 1 aliphatic heterocycles. The zero-order valence-corrected chi connectivity index (χ0v) is 15.8. The number of nitrogens with one attached hydrogen (secondary N) is 2. The highest BCUT2D eigenvalue weighted by molar-refractivity contribution is 5.96. The van der Waals surface area contributed by atoms with Gasteiger partial charge in [0.1, 0.15) is 12.1 Å². The van der Waals surface area contributed by atoms with E-state index in [1.807, 2.05) is 0 Å². The number of carbonyl (C=O) groups is 5. The highest BCUT2D eigenvalue weighted by Crippen LogP contribution is 2.19. The summed E-state index contributed by atoms with van der Waals surface area (Å²) < 4.78 is 0. The van der Waals surface area contributed by atoms with Crippen molar-refractivity contribution in [3.05, 3.63) is 0 Å². The number of likely N-dealkylation sites (tertiary alicyclic amines) is 1. The summed E-state index contributed by atoms with van der Waals surface area (Å²) >= 11 is 0. The Labute approximate surface area is 161 Å². The molecular weight excluding hydrogens is 374 g/mol. The highest BCUT2D eigenvalue weighted by atomic mass is 16.4. The number of aliphatic hydroxyl groups is 1. The monoisotopic (exact) mass is 401 g/mol. The fourth-order valence-electron chi connectivity index (χ4n) is 2.85. The van der Waals surface area contributed by atoms with Crippen molar-refractivity contribution >= 4 is 29.6 Å². The van der Waals surface area contributed by atoms with E-state index in [1.165, 1.54) is 13.8 Å². The normalized spacial score (nSPS) is 20.6. The molecule has 12 nitrogen and oxygen atoms in total. The van der Waals surface area contributed by atoms with Gasteiger partial charge < -0.3 is 37.2 Å². The largest absolute Gasteiger partial charge is 0.480 e. The van der Waals surface area contributed by atoms with Gasteiger partial charge in [-0.2, -0.15) is 0 Å². The summed E-state index contributed by atoms with van der Waals surface area (Å²) in [6.45, 7) is 2.78. The molecule has 8 N–H and O–H groups in total. The predicted molar refractivity (Wildman–Crippen MR) is 95.4 cm³/mol. The van der Waals surface area contributed by atoms with Crippen LogP contribution in [-0.4, -0.2) is 81.5 Å². The number of nitrogens with zero attached hydrogens (tertiary/aromatic N) is 1. The second kappa shape index (κ2) is 9.99. The number of hydrogen-bond acceptors (Lipinski definition) is 7. The SMILES string of the molecule is CC(N)C(=O)NC(CC(N)=O)C(=O)N1CCCC1C(=O)NC(C(=O)O)C(C)O. The quantitative estimate of drug-likeness (QED) is 0.229. The number of aliphatic carboxylic acids is 1. The predicted octanol–water partition coefficient (Wildman–Crippen LogP) is -3.36. The van der Waals surface area contributed by atoms with Gasteiger partial charge in [0, 0.05) is 6.54 Å². The molecule has 0 aromatic carbocycles. The number of nitrogens with two attached hydrogens (primary N) is 2. The molecule has 5 unspecified atom stereocenters. The number of amides is 4. The number of carbonyl (C=O) groups excluding carboxylic acids is 4. The van der Waals surface area contributed by atoms with Crippen molar-refractivity contribution < 1.29 is 34.2 Å². The smallest absolute Gasteiger partial charge is 0.328 e. The van der Waals surface area contributed by atoms with Crippen molar-refractivity contribution in [2.45, 2.75) is 63.4 Å². The Morgan fingerprint density at radius 3 is 2.25 bits per heavy atom. The Bertz CT molecular complexity index is 637. The molecule has 158 valence electrons. The summed E-state index contributed by atoms with van der Waals surface area (Å²) in [5.74, 6) is -4.37. The lowest BCUT2D eigenvalue weighted by Gasteiger charge is -2.29. The molecule has 1 aliphatic rings. The summed E-state index contributed by atoms with van der Waals surface area (Å²) in [5.41, 5.74) is 10.6. The lowest BCUT2D eigenvalue weighted by Crippen LogP contribution is -2.58. The average molecular weight is 401 g/mol. The number of carboxylic acids is 1. The summed E-state index contributed by atoms with van der Waals surface area (Å²) in [5, 5.41) is 23.1. The minimum absolute atomic E-state index is 0.173. The van der Waals surface area contributed by atoms with E-state index in [4.69, 9.17) is 16.6 Å². The third-order valence-corrected chi connectivity index (χ3v) is 4.32. The Morgan fingerprint density at radius 2 is 1.79 bits per heavy atom. The van der Waals surface area contributed by atoms with Crippen LogP contribution in [0.3, 0.4) is 0 Å². The van der Waals surface area contributed by atoms with E-state index < -0.39 is 66.3 Å². The molecule has 0 radical (unpaired) electrons. The van der Waals surface area contributed by atoms with Gasteiger partial charge in [-0.05, 0) is 26.7 Å². The van der Waals surface area contributed by atoms with Gasteiger partial charge in [0.15, 0.2) is 6.04 Å². The van der Waals surface area contributed by atoms with E-state index in [0.717, 1.165) is 4.90 Å². The Kier molecular flexibility index (Phi) is 8.32. The molecule has 1 saturated heterocycles. The molecule has 28 heavy (non-hydrogen) atoms. The van der Waals surface area contributed by atoms with Crippen molar-refractivity contribution in [2.24, 2.45) is 11.5 Å². The lowest BCUT2D eigenvalue weighted by atomic mass is 10.1. The average Bonchev–Trinajstić information content (AvgIpc) is 3.06. The molecule has 0 aromatic heterocycles. The van der Waals surface area contributed by atoms with Crippen LogP contribution in [0.25, 0.3) is 0 Å². The molecule has 1 fully saturated rings. The Hall–Kier alpha value is -2.73. The van der Waals surface area contributed by atoms with Crippen LogP contribution in [-0.2, 0) is 24.0 Å². The zero-order valence-electron chi connectivity index (χ0n) is 15.8. The summed E-state index contributed by atoms with van der Waals surface area (Å²) in [4.78, 5) is 60.7. The maximum Gasteiger partial charge on any atom is 0.328 e. The molecule has 0 aliphatic carbocycles. The van der Waals surface area contributed by atoms with Crippen LogP contribution >= 0.6 is 0 Å². The third-order valence-electron chi connectivity index (χ3n) is 4.32. The van der Waals surface area contributed by atoms with Crippen molar-refractivity contribution in [2.75, 3.05) is 6.54 Å². The van der Waals surface area contributed by atoms with Crippen LogP contribution in [0.4, 0.5) is 0 Å². The van der Waals surface area contributed by atoms with Gasteiger partial charge in [0.25, 0.3) is 0 Å². The van der Waals surface area contributed by atoms with E-state index in [9.17, 15) is 29.1 Å². The van der Waals surface area contributed by atoms with Gasteiger partial charge in [-0.15, -0.1) is 0 Å². The van der Waals surface area contributed by atoms with Crippen molar-refractivity contribution in [1.82, 2.24) is 15.5 Å². The second-order valence-corrected chi connectivity index (χ2v) is 6.78. The number of rotatable bonds is 9. The number of aliphatic hydroxyl groups excluding tert-OH is 1. The van der Waals surface area contributed by atoms with E-state index in [0.29, 0.717) is 6.42 Å². The van der Waals surface area contributed by atoms with Crippen molar-refractivity contribution in [1.29, 1.82) is 0 Å². The molecular formula is C16H27N5O7. The first-order valence-corrected chi connectivity index (χ1v) is 8.81. The fraction of sp³-hybridized carbons (Fsp3) is 0.688. The number of carboxylic acid groups (broad SMARTS) is 1. The second-order valence-electron chi connectivity index (χ2n) is 6.78. The molecule has 4 amide bonds. The minimum Gasteiger partial charge on any atom is -0.480 e. The summed E-state index contributed by atoms with van der Waals surface area (Å²) in [6.07, 6.45) is -1.11. The fourth-order valence-corrected chi connectivity index (χ4v) is 2.85. The molecule has 12 heteroatoms. The minimum atomic E-state index is -1.54. The maximum atomic E-state index is 12.8. The van der Waals surface area contributed by atoms with Crippen LogP contribution in [0.1, 0.15) is 33.1 Å². The van der Waals surface area contributed by atoms with E-state index >= 15 is 0 Å². The van der Waals surface area contributed by atoms with Gasteiger partial charge in [-0.1, -0.05) is 0 Å². The molecule has 0 bridgehead atoms. The van der Waals surface area contributed by atoms with Crippen LogP contribution in [0.15, 0.2) is 0 Å². The Balaban J connectivity index is 2.96. The van der Waals surface area contributed by atoms with E-state index in [-0.39, 0.29) is 13.0 Å². The van der Waals surface area contributed by atoms with E-state index in [2.05, 4.69) is 10.6 Å². The van der Waals surface area contributed by atoms with Gasteiger partial charge in [-0.25, -0.2) is 4.79 Å². The number of hydrogen-bond donors (Lipinski definition) is 6. The van der Waals surface area contributed by atoms with E-state index in [1.54, 1.807) is 0 Å². The van der Waals surface area contributed by atoms with Crippen LogP contribution in [0.5, 0.6) is 0 Å². The topological polar surface area (TPSA) is 205 Å².